The van der Waals surface area contributed by atoms with Crippen molar-refractivity contribution in [3.8, 4) is 5.75 Å². The molecule has 3 rings (SSSR count). The van der Waals surface area contributed by atoms with Gasteiger partial charge in [0.15, 0.2) is 5.65 Å². The van der Waals surface area contributed by atoms with Gasteiger partial charge in [-0.3, -0.25) is 0 Å². The van der Waals surface area contributed by atoms with Crippen molar-refractivity contribution in [1.82, 2.24) is 14.6 Å². The molecule has 0 saturated carbocycles. The lowest BCUT2D eigenvalue weighted by atomic mass is 10.1. The third kappa shape index (κ3) is 3.36. The number of ether oxygens (including phenoxy) is 1. The predicted molar refractivity (Wildman–Crippen MR) is 78.1 cm³/mol. The SMILES string of the molecule is C[C@@H](Nc1ccn2nccc2n1)c1cc(F)ccc1OC(F)F. The molecule has 23 heavy (non-hydrogen) atoms. The molecule has 0 unspecified atom stereocenters. The zero-order valence-electron chi connectivity index (χ0n) is 12.1. The van der Waals surface area contributed by atoms with Crippen LogP contribution in [0.5, 0.6) is 5.75 Å². The smallest absolute Gasteiger partial charge is 0.387 e. The molecular formula is C15H13F3N4O. The van der Waals surface area contributed by atoms with E-state index in [1.807, 2.05) is 0 Å². The van der Waals surface area contributed by atoms with Crippen molar-refractivity contribution in [1.29, 1.82) is 0 Å². The molecule has 1 aromatic carbocycles. The lowest BCUT2D eigenvalue weighted by molar-refractivity contribution is -0.0505. The number of halogens is 3. The molecule has 8 heteroatoms. The van der Waals surface area contributed by atoms with Gasteiger partial charge in [0.25, 0.3) is 0 Å². The summed E-state index contributed by atoms with van der Waals surface area (Å²) in [6.45, 7) is -1.28. The number of alkyl halides is 2. The van der Waals surface area contributed by atoms with Gasteiger partial charge >= 0.3 is 6.61 Å². The minimum absolute atomic E-state index is 0.0770. The normalized spacial score (nSPS) is 12.6. The fourth-order valence-corrected chi connectivity index (χ4v) is 2.25. The molecule has 2 aromatic heterocycles. The largest absolute Gasteiger partial charge is 0.434 e. The number of aromatic nitrogens is 3. The molecule has 5 nitrogen and oxygen atoms in total. The Balaban J connectivity index is 1.86. The van der Waals surface area contributed by atoms with Crippen molar-refractivity contribution >= 4 is 11.5 Å². The highest BCUT2D eigenvalue weighted by Gasteiger charge is 2.16. The minimum Gasteiger partial charge on any atom is -0.434 e. The van der Waals surface area contributed by atoms with Crippen molar-refractivity contribution < 1.29 is 17.9 Å². The maximum Gasteiger partial charge on any atom is 0.387 e. The number of nitrogens with one attached hydrogen (secondary N) is 1. The van der Waals surface area contributed by atoms with Crippen LogP contribution in [0.1, 0.15) is 18.5 Å². The van der Waals surface area contributed by atoms with Crippen molar-refractivity contribution in [2.45, 2.75) is 19.6 Å². The highest BCUT2D eigenvalue weighted by molar-refractivity contribution is 5.48. The second-order valence-corrected chi connectivity index (χ2v) is 4.87. The molecule has 0 fully saturated rings. The van der Waals surface area contributed by atoms with Crippen LogP contribution < -0.4 is 10.1 Å². The summed E-state index contributed by atoms with van der Waals surface area (Å²) in [5.74, 6) is -0.0981. The van der Waals surface area contributed by atoms with Crippen molar-refractivity contribution in [2.75, 3.05) is 5.32 Å². The van der Waals surface area contributed by atoms with Crippen molar-refractivity contribution in [3.63, 3.8) is 0 Å². The molecule has 0 aliphatic rings. The monoisotopic (exact) mass is 322 g/mol. The third-order valence-electron chi connectivity index (χ3n) is 3.28. The topological polar surface area (TPSA) is 51.5 Å². The first-order valence-corrected chi connectivity index (χ1v) is 6.84. The Kier molecular flexibility index (Phi) is 4.05. The number of benzene rings is 1. The van der Waals surface area contributed by atoms with Crippen LogP contribution in [-0.4, -0.2) is 21.2 Å². The number of hydrogen-bond donors (Lipinski definition) is 1. The fourth-order valence-electron chi connectivity index (χ4n) is 2.25. The molecule has 120 valence electrons. The number of rotatable bonds is 5. The molecule has 2 heterocycles. The Labute approximate surface area is 129 Å². The average molecular weight is 322 g/mol. The van der Waals surface area contributed by atoms with Crippen LogP contribution in [0.2, 0.25) is 0 Å². The molecule has 3 aromatic rings. The molecule has 0 spiro atoms. The standard InChI is InChI=1S/C15H13F3N4O/c1-9(11-8-10(16)2-3-12(11)23-15(17)18)20-13-5-7-22-14(21-13)4-6-19-22/h2-9,15H,1H3,(H,20,21)/t9-/m1/s1. The van der Waals surface area contributed by atoms with E-state index >= 15 is 0 Å². The molecule has 0 amide bonds. The first kappa shape index (κ1) is 15.1. The number of nitrogens with zero attached hydrogens (tertiary/aromatic N) is 3. The number of hydrogen-bond acceptors (Lipinski definition) is 4. The zero-order chi connectivity index (χ0) is 16.4. The lowest BCUT2D eigenvalue weighted by Crippen LogP contribution is -2.12. The van der Waals surface area contributed by atoms with E-state index in [9.17, 15) is 13.2 Å². The molecule has 0 aliphatic heterocycles. The molecule has 0 saturated heterocycles. The molecule has 1 atom stereocenters. The van der Waals surface area contributed by atoms with Crippen molar-refractivity contribution in [2.24, 2.45) is 0 Å². The Hall–Kier alpha value is -2.77. The van der Waals surface area contributed by atoms with E-state index < -0.39 is 18.5 Å². The Bertz CT molecular complexity index is 821. The van der Waals surface area contributed by atoms with E-state index in [1.165, 1.54) is 6.07 Å². The summed E-state index contributed by atoms with van der Waals surface area (Å²) in [4.78, 5) is 4.32. The number of fused-ring (bicyclic) bond motifs is 1. The van der Waals surface area contributed by atoms with Crippen LogP contribution in [0, 0.1) is 5.82 Å². The van der Waals surface area contributed by atoms with Gasteiger partial charge in [-0.15, -0.1) is 0 Å². The van der Waals surface area contributed by atoms with Gasteiger partial charge < -0.3 is 10.1 Å². The average Bonchev–Trinajstić information content (AvgIpc) is 2.96. The first-order valence-electron chi connectivity index (χ1n) is 6.84. The van der Waals surface area contributed by atoms with E-state index in [-0.39, 0.29) is 11.3 Å². The Morgan fingerprint density at radius 2 is 2.04 bits per heavy atom. The van der Waals surface area contributed by atoms with Crippen LogP contribution in [0.3, 0.4) is 0 Å². The molecule has 1 N–H and O–H groups in total. The quantitative estimate of drug-likeness (QED) is 0.779. The first-order chi connectivity index (χ1) is 11.0. The van der Waals surface area contributed by atoms with E-state index in [0.717, 1.165) is 12.1 Å². The van der Waals surface area contributed by atoms with Gasteiger partial charge in [0, 0.05) is 17.8 Å². The van der Waals surface area contributed by atoms with Crippen LogP contribution in [0.15, 0.2) is 42.7 Å². The second-order valence-electron chi connectivity index (χ2n) is 4.87. The molecule has 0 radical (unpaired) electrons. The van der Waals surface area contributed by atoms with Gasteiger partial charge in [0.1, 0.15) is 17.4 Å². The summed E-state index contributed by atoms with van der Waals surface area (Å²) in [6.07, 6.45) is 3.32. The van der Waals surface area contributed by atoms with E-state index in [0.29, 0.717) is 11.5 Å². The zero-order valence-corrected chi connectivity index (χ0v) is 12.1. The summed E-state index contributed by atoms with van der Waals surface area (Å²) < 4.78 is 44.4. The van der Waals surface area contributed by atoms with Crippen molar-refractivity contribution in [3.05, 3.63) is 54.1 Å². The highest BCUT2D eigenvalue weighted by atomic mass is 19.3. The third-order valence-corrected chi connectivity index (χ3v) is 3.28. The van der Waals surface area contributed by atoms with Crippen LogP contribution in [0.25, 0.3) is 5.65 Å². The van der Waals surface area contributed by atoms with Crippen LogP contribution in [0.4, 0.5) is 19.0 Å². The summed E-state index contributed by atoms with van der Waals surface area (Å²) in [5.41, 5.74) is 0.908. The van der Waals surface area contributed by atoms with Gasteiger partial charge in [-0.05, 0) is 31.2 Å². The summed E-state index contributed by atoms with van der Waals surface area (Å²) in [5, 5.41) is 7.07. The highest BCUT2D eigenvalue weighted by Crippen LogP contribution is 2.29. The van der Waals surface area contributed by atoms with E-state index in [2.05, 4.69) is 20.1 Å². The molecule has 0 aliphatic carbocycles. The molecular weight excluding hydrogens is 309 g/mol. The van der Waals surface area contributed by atoms with Gasteiger partial charge in [-0.2, -0.15) is 13.9 Å². The second kappa shape index (κ2) is 6.15. The fraction of sp³-hybridized carbons (Fsp3) is 0.200. The van der Waals surface area contributed by atoms with Crippen LogP contribution >= 0.6 is 0 Å². The van der Waals surface area contributed by atoms with Crippen LogP contribution in [-0.2, 0) is 0 Å². The Morgan fingerprint density at radius 1 is 1.22 bits per heavy atom. The lowest BCUT2D eigenvalue weighted by Gasteiger charge is -2.18. The minimum atomic E-state index is -2.98. The number of anilines is 1. The van der Waals surface area contributed by atoms with Gasteiger partial charge in [-0.1, -0.05) is 0 Å². The predicted octanol–water partition coefficient (Wildman–Crippen LogP) is 3.64. The van der Waals surface area contributed by atoms with Gasteiger partial charge in [0.05, 0.1) is 12.2 Å². The summed E-state index contributed by atoms with van der Waals surface area (Å²) in [7, 11) is 0. The van der Waals surface area contributed by atoms with Gasteiger partial charge in [-0.25, -0.2) is 13.9 Å². The van der Waals surface area contributed by atoms with E-state index in [1.54, 1.807) is 36.0 Å². The van der Waals surface area contributed by atoms with Gasteiger partial charge in [0.2, 0.25) is 0 Å². The van der Waals surface area contributed by atoms with E-state index in [4.69, 9.17) is 0 Å². The Morgan fingerprint density at radius 3 is 2.83 bits per heavy atom. The summed E-state index contributed by atoms with van der Waals surface area (Å²) >= 11 is 0. The maximum absolute atomic E-state index is 13.5. The molecule has 0 bridgehead atoms. The summed E-state index contributed by atoms with van der Waals surface area (Å²) in [6, 6.07) is 6.34. The maximum atomic E-state index is 13.5.